The van der Waals surface area contributed by atoms with Crippen LogP contribution in [0.15, 0.2) is 22.0 Å². The molecule has 3 nitrogen and oxygen atoms in total. The highest BCUT2D eigenvalue weighted by molar-refractivity contribution is 9.11. The predicted molar refractivity (Wildman–Crippen MR) is 75.1 cm³/mol. The average Bonchev–Trinajstić information content (AvgIpc) is 2.62. The quantitative estimate of drug-likeness (QED) is 0.947. The smallest absolute Gasteiger partial charge is 0.130 e. The summed E-state index contributed by atoms with van der Waals surface area (Å²) in [6.07, 6.45) is 0.710. The topological polar surface area (TPSA) is 51.8 Å². The molecule has 0 aliphatic rings. The maximum atomic E-state index is 5.78. The zero-order valence-corrected chi connectivity index (χ0v) is 12.2. The first-order valence-electron chi connectivity index (χ1n) is 5.40. The molecule has 0 radical (unpaired) electrons. The molecule has 0 amide bonds. The van der Waals surface area contributed by atoms with Gasteiger partial charge >= 0.3 is 0 Å². The predicted octanol–water partition coefficient (Wildman–Crippen LogP) is 3.17. The summed E-state index contributed by atoms with van der Waals surface area (Å²) in [5.74, 6) is 0.819. The minimum Gasteiger partial charge on any atom is -0.328 e. The lowest BCUT2D eigenvalue weighted by Gasteiger charge is -2.06. The Labute approximate surface area is 113 Å². The average molecular weight is 312 g/mol. The summed E-state index contributed by atoms with van der Waals surface area (Å²) < 4.78 is 1.11. The van der Waals surface area contributed by atoms with Crippen molar-refractivity contribution in [1.82, 2.24) is 9.97 Å². The summed E-state index contributed by atoms with van der Waals surface area (Å²) in [4.78, 5) is 10.1. The van der Waals surface area contributed by atoms with Gasteiger partial charge < -0.3 is 5.73 Å². The number of hydrogen-bond donors (Lipinski definition) is 1. The second-order valence-corrected chi connectivity index (χ2v) is 6.56. The van der Waals surface area contributed by atoms with Gasteiger partial charge in [0.05, 0.1) is 14.4 Å². The lowest BCUT2D eigenvalue weighted by molar-refractivity contribution is 0.700. The van der Waals surface area contributed by atoms with Gasteiger partial charge in [-0.05, 0) is 48.0 Å². The highest BCUT2D eigenvalue weighted by Gasteiger charge is 2.08. The van der Waals surface area contributed by atoms with Crippen molar-refractivity contribution >= 4 is 27.3 Å². The Kier molecular flexibility index (Phi) is 3.91. The highest BCUT2D eigenvalue weighted by atomic mass is 79.9. The molecule has 0 aromatic carbocycles. The van der Waals surface area contributed by atoms with Gasteiger partial charge in [0.2, 0.25) is 0 Å². The van der Waals surface area contributed by atoms with E-state index >= 15 is 0 Å². The standard InChI is InChI=1S/C12H14BrN3S/c1-7(14)5-12-15-8(2)6-9(16-12)10-3-4-11(13)17-10/h3-4,6-7H,5,14H2,1-2H3. The summed E-state index contributed by atoms with van der Waals surface area (Å²) in [5, 5.41) is 0. The number of hydrogen-bond acceptors (Lipinski definition) is 4. The van der Waals surface area contributed by atoms with Crippen LogP contribution < -0.4 is 5.73 Å². The molecular formula is C12H14BrN3S. The van der Waals surface area contributed by atoms with Crippen molar-refractivity contribution in [1.29, 1.82) is 0 Å². The molecular weight excluding hydrogens is 298 g/mol. The Morgan fingerprint density at radius 3 is 2.76 bits per heavy atom. The number of aryl methyl sites for hydroxylation is 1. The van der Waals surface area contributed by atoms with E-state index in [0.29, 0.717) is 6.42 Å². The van der Waals surface area contributed by atoms with Gasteiger partial charge in [0, 0.05) is 18.2 Å². The molecule has 17 heavy (non-hydrogen) atoms. The zero-order valence-electron chi connectivity index (χ0n) is 9.77. The molecule has 2 heterocycles. The molecule has 1 atom stereocenters. The lowest BCUT2D eigenvalue weighted by atomic mass is 10.2. The number of thiophene rings is 1. The summed E-state index contributed by atoms with van der Waals surface area (Å²) >= 11 is 5.13. The molecule has 1 unspecified atom stereocenters. The first kappa shape index (κ1) is 12.7. The Morgan fingerprint density at radius 2 is 2.18 bits per heavy atom. The summed E-state index contributed by atoms with van der Waals surface area (Å²) in [7, 11) is 0. The number of rotatable bonds is 3. The van der Waals surface area contributed by atoms with Crippen LogP contribution in [0.5, 0.6) is 0 Å². The van der Waals surface area contributed by atoms with Crippen LogP contribution in [0.3, 0.4) is 0 Å². The van der Waals surface area contributed by atoms with E-state index in [2.05, 4.69) is 32.0 Å². The minimum absolute atomic E-state index is 0.0831. The zero-order chi connectivity index (χ0) is 12.4. The molecule has 0 aliphatic carbocycles. The summed E-state index contributed by atoms with van der Waals surface area (Å²) in [6.45, 7) is 3.95. The van der Waals surface area contributed by atoms with Crippen LogP contribution in [-0.4, -0.2) is 16.0 Å². The lowest BCUT2D eigenvalue weighted by Crippen LogP contribution is -2.19. The third-order valence-corrected chi connectivity index (χ3v) is 3.88. The highest BCUT2D eigenvalue weighted by Crippen LogP contribution is 2.30. The van der Waals surface area contributed by atoms with Gasteiger partial charge in [-0.2, -0.15) is 0 Å². The van der Waals surface area contributed by atoms with E-state index in [1.807, 2.05) is 26.0 Å². The minimum atomic E-state index is 0.0831. The van der Waals surface area contributed by atoms with Crippen molar-refractivity contribution in [2.24, 2.45) is 5.73 Å². The van der Waals surface area contributed by atoms with Crippen LogP contribution in [0.4, 0.5) is 0 Å². The number of aromatic nitrogens is 2. The molecule has 0 fully saturated rings. The second-order valence-electron chi connectivity index (χ2n) is 4.10. The van der Waals surface area contributed by atoms with E-state index < -0.39 is 0 Å². The van der Waals surface area contributed by atoms with Crippen molar-refractivity contribution in [2.75, 3.05) is 0 Å². The maximum Gasteiger partial charge on any atom is 0.130 e. The Hall–Kier alpha value is -0.780. The molecule has 2 N–H and O–H groups in total. The van der Waals surface area contributed by atoms with Crippen LogP contribution in [-0.2, 0) is 6.42 Å². The molecule has 0 saturated carbocycles. The van der Waals surface area contributed by atoms with Gasteiger partial charge in [-0.1, -0.05) is 0 Å². The van der Waals surface area contributed by atoms with E-state index in [9.17, 15) is 0 Å². The normalized spacial score (nSPS) is 12.7. The first-order chi connectivity index (χ1) is 8.04. The van der Waals surface area contributed by atoms with Crippen molar-refractivity contribution in [3.05, 3.63) is 33.5 Å². The molecule has 0 bridgehead atoms. The van der Waals surface area contributed by atoms with Crippen LogP contribution in [0.25, 0.3) is 10.6 Å². The van der Waals surface area contributed by atoms with Gasteiger partial charge in [0.25, 0.3) is 0 Å². The fraction of sp³-hybridized carbons (Fsp3) is 0.333. The van der Waals surface area contributed by atoms with Gasteiger partial charge in [-0.3, -0.25) is 0 Å². The van der Waals surface area contributed by atoms with Gasteiger partial charge in [-0.15, -0.1) is 11.3 Å². The molecule has 0 spiro atoms. The molecule has 5 heteroatoms. The van der Waals surface area contributed by atoms with Crippen LogP contribution in [0.2, 0.25) is 0 Å². The number of halogens is 1. The van der Waals surface area contributed by atoms with Gasteiger partial charge in [0.1, 0.15) is 5.82 Å². The van der Waals surface area contributed by atoms with Crippen molar-refractivity contribution in [2.45, 2.75) is 26.3 Å². The third kappa shape index (κ3) is 3.34. The van der Waals surface area contributed by atoms with Crippen molar-refractivity contribution in [3.63, 3.8) is 0 Å². The maximum absolute atomic E-state index is 5.78. The Morgan fingerprint density at radius 1 is 1.41 bits per heavy atom. The van der Waals surface area contributed by atoms with Crippen LogP contribution >= 0.6 is 27.3 Å². The van der Waals surface area contributed by atoms with Crippen LogP contribution in [0, 0.1) is 6.92 Å². The Bertz CT molecular complexity index is 522. The van der Waals surface area contributed by atoms with Crippen LogP contribution in [0.1, 0.15) is 18.4 Å². The molecule has 90 valence electrons. The van der Waals surface area contributed by atoms with Crippen molar-refractivity contribution in [3.8, 4) is 10.6 Å². The third-order valence-electron chi connectivity index (χ3n) is 2.23. The molecule has 2 aromatic rings. The van der Waals surface area contributed by atoms with E-state index in [4.69, 9.17) is 5.73 Å². The molecule has 2 rings (SSSR count). The monoisotopic (exact) mass is 311 g/mol. The number of nitrogens with two attached hydrogens (primary N) is 1. The number of nitrogens with zero attached hydrogens (tertiary/aromatic N) is 2. The SMILES string of the molecule is Cc1cc(-c2ccc(Br)s2)nc(CC(C)N)n1. The van der Waals surface area contributed by atoms with E-state index in [1.165, 1.54) is 0 Å². The molecule has 0 aliphatic heterocycles. The summed E-state index contributed by atoms with van der Waals surface area (Å²) in [5.41, 5.74) is 7.74. The van der Waals surface area contributed by atoms with E-state index in [-0.39, 0.29) is 6.04 Å². The largest absolute Gasteiger partial charge is 0.328 e. The van der Waals surface area contributed by atoms with Gasteiger partial charge in [0.15, 0.2) is 0 Å². The fourth-order valence-electron chi connectivity index (χ4n) is 1.59. The first-order valence-corrected chi connectivity index (χ1v) is 7.01. The van der Waals surface area contributed by atoms with E-state index in [0.717, 1.165) is 25.9 Å². The molecule has 0 saturated heterocycles. The van der Waals surface area contributed by atoms with Gasteiger partial charge in [-0.25, -0.2) is 9.97 Å². The van der Waals surface area contributed by atoms with E-state index in [1.54, 1.807) is 11.3 Å². The summed E-state index contributed by atoms with van der Waals surface area (Å²) in [6, 6.07) is 6.18. The fourth-order valence-corrected chi connectivity index (χ4v) is 2.93. The second kappa shape index (κ2) is 5.25. The molecule has 2 aromatic heterocycles. The van der Waals surface area contributed by atoms with Crippen molar-refractivity contribution < 1.29 is 0 Å². The Balaban J connectivity index is 2.37.